The Labute approximate surface area is 97.4 Å². The maximum absolute atomic E-state index is 9.15. The molecule has 0 fully saturated rings. The van der Waals surface area contributed by atoms with E-state index in [0.717, 1.165) is 30.9 Å². The third-order valence-corrected chi connectivity index (χ3v) is 2.19. The third-order valence-electron chi connectivity index (χ3n) is 2.19. The molecule has 0 aliphatic heterocycles. The first kappa shape index (κ1) is 13.0. The molecule has 2 N–H and O–H groups in total. The van der Waals surface area contributed by atoms with Crippen molar-refractivity contribution in [3.05, 3.63) is 29.8 Å². The van der Waals surface area contributed by atoms with Gasteiger partial charge in [-0.05, 0) is 19.4 Å². The van der Waals surface area contributed by atoms with Gasteiger partial charge in [-0.3, -0.25) is 0 Å². The number of aliphatic hydroxyl groups excluding tert-OH is 1. The van der Waals surface area contributed by atoms with Crippen LogP contribution in [0.4, 0.5) is 0 Å². The van der Waals surface area contributed by atoms with Crippen molar-refractivity contribution in [3.8, 4) is 5.75 Å². The summed E-state index contributed by atoms with van der Waals surface area (Å²) >= 11 is 0. The molecular weight excluding hydrogens is 202 g/mol. The van der Waals surface area contributed by atoms with Crippen molar-refractivity contribution in [1.82, 2.24) is 5.32 Å². The number of hydrogen-bond donors (Lipinski definition) is 2. The molecule has 3 heteroatoms. The van der Waals surface area contributed by atoms with Crippen LogP contribution in [0.1, 0.15) is 25.8 Å². The molecule has 3 nitrogen and oxygen atoms in total. The van der Waals surface area contributed by atoms with Crippen LogP contribution >= 0.6 is 0 Å². The number of aliphatic hydroxyl groups is 1. The molecule has 0 aliphatic carbocycles. The summed E-state index contributed by atoms with van der Waals surface area (Å²) in [6.45, 7) is 5.93. The van der Waals surface area contributed by atoms with Crippen LogP contribution in [0.15, 0.2) is 24.3 Å². The van der Waals surface area contributed by atoms with Gasteiger partial charge in [0.2, 0.25) is 0 Å². The summed E-state index contributed by atoms with van der Waals surface area (Å²) in [6.07, 6.45) is 0.693. The largest absolute Gasteiger partial charge is 0.493 e. The van der Waals surface area contributed by atoms with E-state index in [1.54, 1.807) is 6.92 Å². The predicted octanol–water partition coefficient (Wildman–Crippen LogP) is 1.95. The van der Waals surface area contributed by atoms with Crippen molar-refractivity contribution in [2.24, 2.45) is 0 Å². The van der Waals surface area contributed by atoms with Crippen LogP contribution in [0.3, 0.4) is 0 Å². The summed E-state index contributed by atoms with van der Waals surface area (Å²) in [5, 5.41) is 12.3. The summed E-state index contributed by atoms with van der Waals surface area (Å²) < 4.78 is 5.64. The first-order valence-electron chi connectivity index (χ1n) is 5.83. The van der Waals surface area contributed by atoms with Crippen LogP contribution in [-0.2, 0) is 6.54 Å². The lowest BCUT2D eigenvalue weighted by atomic mass is 10.2. The average Bonchev–Trinajstić information content (AvgIpc) is 2.27. The normalized spacial score (nSPS) is 12.4. The Bertz CT molecular complexity index is 300. The highest BCUT2D eigenvalue weighted by molar-refractivity contribution is 5.33. The van der Waals surface area contributed by atoms with Crippen molar-refractivity contribution in [2.45, 2.75) is 32.9 Å². The van der Waals surface area contributed by atoms with Crippen molar-refractivity contribution >= 4 is 0 Å². The summed E-state index contributed by atoms with van der Waals surface area (Å²) in [4.78, 5) is 0. The number of nitrogens with one attached hydrogen (secondary N) is 1. The van der Waals surface area contributed by atoms with E-state index >= 15 is 0 Å². The molecule has 1 aromatic carbocycles. The summed E-state index contributed by atoms with van der Waals surface area (Å²) in [6, 6.07) is 8.00. The first-order chi connectivity index (χ1) is 7.74. The fourth-order valence-corrected chi connectivity index (χ4v) is 1.42. The molecule has 0 saturated carbocycles. The fraction of sp³-hybridized carbons (Fsp3) is 0.538. The molecule has 0 heterocycles. The molecule has 1 atom stereocenters. The van der Waals surface area contributed by atoms with Gasteiger partial charge in [-0.15, -0.1) is 0 Å². The number of benzene rings is 1. The molecule has 0 bridgehead atoms. The molecule has 16 heavy (non-hydrogen) atoms. The summed E-state index contributed by atoms with van der Waals surface area (Å²) in [5.74, 6) is 0.933. The molecule has 1 unspecified atom stereocenters. The van der Waals surface area contributed by atoms with Gasteiger partial charge in [0.25, 0.3) is 0 Å². The number of ether oxygens (including phenoxy) is 1. The quantitative estimate of drug-likeness (QED) is 0.742. The zero-order valence-corrected chi connectivity index (χ0v) is 10.1. The highest BCUT2D eigenvalue weighted by atomic mass is 16.5. The van der Waals surface area contributed by atoms with Crippen LogP contribution in [0.25, 0.3) is 0 Å². The molecule has 1 rings (SSSR count). The van der Waals surface area contributed by atoms with Crippen LogP contribution in [0.2, 0.25) is 0 Å². The second kappa shape index (κ2) is 7.25. The van der Waals surface area contributed by atoms with E-state index in [4.69, 9.17) is 9.84 Å². The Morgan fingerprint density at radius 2 is 2.12 bits per heavy atom. The fourth-order valence-electron chi connectivity index (χ4n) is 1.42. The van der Waals surface area contributed by atoms with E-state index in [2.05, 4.69) is 12.2 Å². The molecule has 1 aromatic rings. The molecule has 0 aromatic heterocycles. The minimum absolute atomic E-state index is 0.316. The minimum Gasteiger partial charge on any atom is -0.493 e. The summed E-state index contributed by atoms with van der Waals surface area (Å²) in [5.41, 5.74) is 1.14. The van der Waals surface area contributed by atoms with E-state index in [1.807, 2.05) is 24.3 Å². The van der Waals surface area contributed by atoms with E-state index in [0.29, 0.717) is 6.54 Å². The van der Waals surface area contributed by atoms with Gasteiger partial charge in [0.15, 0.2) is 0 Å². The average molecular weight is 223 g/mol. The topological polar surface area (TPSA) is 41.5 Å². The van der Waals surface area contributed by atoms with Crippen LogP contribution in [0.5, 0.6) is 5.75 Å². The maximum Gasteiger partial charge on any atom is 0.123 e. The van der Waals surface area contributed by atoms with Gasteiger partial charge in [0, 0.05) is 18.7 Å². The third kappa shape index (κ3) is 4.64. The molecule has 0 spiro atoms. The first-order valence-corrected chi connectivity index (χ1v) is 5.83. The lowest BCUT2D eigenvalue weighted by Crippen LogP contribution is -2.24. The van der Waals surface area contributed by atoms with Crippen molar-refractivity contribution in [2.75, 3.05) is 13.2 Å². The molecule has 0 saturated heterocycles. The monoisotopic (exact) mass is 223 g/mol. The lowest BCUT2D eigenvalue weighted by Gasteiger charge is -2.12. The minimum atomic E-state index is -0.316. The Balaban J connectivity index is 2.49. The number of para-hydroxylation sites is 1. The van der Waals surface area contributed by atoms with Crippen LogP contribution in [0, 0.1) is 0 Å². The predicted molar refractivity (Wildman–Crippen MR) is 65.6 cm³/mol. The van der Waals surface area contributed by atoms with Crippen LogP contribution in [-0.4, -0.2) is 24.4 Å². The zero-order chi connectivity index (χ0) is 11.8. The Morgan fingerprint density at radius 3 is 2.81 bits per heavy atom. The second-order valence-electron chi connectivity index (χ2n) is 3.94. The molecule has 90 valence electrons. The van der Waals surface area contributed by atoms with Crippen molar-refractivity contribution in [3.63, 3.8) is 0 Å². The molecule has 0 amide bonds. The maximum atomic E-state index is 9.15. The SMILES string of the molecule is CCCOc1ccccc1CNCC(C)O. The highest BCUT2D eigenvalue weighted by Crippen LogP contribution is 2.17. The molecular formula is C13H21NO2. The molecule has 0 aliphatic rings. The van der Waals surface area contributed by atoms with E-state index in [-0.39, 0.29) is 6.10 Å². The van der Waals surface area contributed by atoms with E-state index < -0.39 is 0 Å². The van der Waals surface area contributed by atoms with Crippen molar-refractivity contribution in [1.29, 1.82) is 0 Å². The standard InChI is InChI=1S/C13H21NO2/c1-3-8-16-13-7-5-4-6-12(13)10-14-9-11(2)15/h4-7,11,14-15H,3,8-10H2,1-2H3. The molecule has 0 radical (unpaired) electrons. The van der Waals surface area contributed by atoms with Crippen LogP contribution < -0.4 is 10.1 Å². The van der Waals surface area contributed by atoms with E-state index in [1.165, 1.54) is 0 Å². The van der Waals surface area contributed by atoms with Gasteiger partial charge in [0.1, 0.15) is 5.75 Å². The smallest absolute Gasteiger partial charge is 0.123 e. The Morgan fingerprint density at radius 1 is 1.38 bits per heavy atom. The van der Waals surface area contributed by atoms with Gasteiger partial charge >= 0.3 is 0 Å². The number of hydrogen-bond acceptors (Lipinski definition) is 3. The Hall–Kier alpha value is -1.06. The summed E-state index contributed by atoms with van der Waals surface area (Å²) in [7, 11) is 0. The van der Waals surface area contributed by atoms with Gasteiger partial charge in [-0.25, -0.2) is 0 Å². The van der Waals surface area contributed by atoms with Gasteiger partial charge in [-0.1, -0.05) is 25.1 Å². The lowest BCUT2D eigenvalue weighted by molar-refractivity contribution is 0.190. The van der Waals surface area contributed by atoms with Gasteiger partial charge in [-0.2, -0.15) is 0 Å². The Kier molecular flexibility index (Phi) is 5.90. The highest BCUT2D eigenvalue weighted by Gasteiger charge is 2.02. The van der Waals surface area contributed by atoms with Gasteiger partial charge < -0.3 is 15.2 Å². The van der Waals surface area contributed by atoms with E-state index in [9.17, 15) is 0 Å². The second-order valence-corrected chi connectivity index (χ2v) is 3.94. The number of rotatable bonds is 7. The van der Waals surface area contributed by atoms with Crippen molar-refractivity contribution < 1.29 is 9.84 Å². The van der Waals surface area contributed by atoms with Gasteiger partial charge in [0.05, 0.1) is 12.7 Å². The zero-order valence-electron chi connectivity index (χ0n) is 10.1.